The van der Waals surface area contributed by atoms with Gasteiger partial charge in [0.2, 0.25) is 0 Å². The third-order valence-corrected chi connectivity index (χ3v) is 10.7. The van der Waals surface area contributed by atoms with E-state index < -0.39 is 42.3 Å². The Morgan fingerprint density at radius 2 is 1.62 bits per heavy atom. The molecule has 3 aliphatic heterocycles. The molecule has 7 rings (SSSR count). The van der Waals surface area contributed by atoms with Crippen molar-refractivity contribution in [1.29, 1.82) is 0 Å². The summed E-state index contributed by atoms with van der Waals surface area (Å²) in [4.78, 5) is 26.4. The van der Waals surface area contributed by atoms with Crippen molar-refractivity contribution in [3.05, 3.63) is 65.2 Å². The largest absolute Gasteiger partial charge is 0.445 e. The number of ether oxygens (including phenoxy) is 7. The fourth-order valence-electron chi connectivity index (χ4n) is 8.59. The Hall–Kier alpha value is -3.02. The van der Waals surface area contributed by atoms with Gasteiger partial charge in [0.25, 0.3) is 0 Å². The first kappa shape index (κ1) is 33.5. The van der Waals surface area contributed by atoms with Crippen molar-refractivity contribution in [2.75, 3.05) is 0 Å². The lowest BCUT2D eigenvalue weighted by Crippen LogP contribution is -2.57. The Kier molecular flexibility index (Phi) is 9.08. The van der Waals surface area contributed by atoms with Crippen LogP contribution in [0.4, 0.5) is 4.79 Å². The third-order valence-electron chi connectivity index (χ3n) is 10.7. The molecule has 4 fully saturated rings. The van der Waals surface area contributed by atoms with Crippen LogP contribution in [-0.4, -0.2) is 60.4 Å². The summed E-state index contributed by atoms with van der Waals surface area (Å²) >= 11 is 0. The second-order valence-electron chi connectivity index (χ2n) is 15.2. The Morgan fingerprint density at radius 3 is 2.44 bits per heavy atom. The van der Waals surface area contributed by atoms with Crippen molar-refractivity contribution in [2.24, 2.45) is 5.92 Å². The lowest BCUT2D eigenvalue weighted by molar-refractivity contribution is -0.235. The minimum absolute atomic E-state index is 0.0932. The van der Waals surface area contributed by atoms with E-state index in [2.05, 4.69) is 18.3 Å². The highest BCUT2D eigenvalue weighted by molar-refractivity contribution is 5.72. The zero-order chi connectivity index (χ0) is 33.7. The van der Waals surface area contributed by atoms with E-state index in [1.807, 2.05) is 70.2 Å². The summed E-state index contributed by atoms with van der Waals surface area (Å²) in [7, 11) is 0. The monoisotopic (exact) mass is 663 g/mol. The Labute approximate surface area is 283 Å². The number of hydrogen-bond acceptors (Lipinski definition) is 9. The molecular formula is C38H49NO9. The van der Waals surface area contributed by atoms with Gasteiger partial charge in [0.1, 0.15) is 30.7 Å². The number of fused-ring (bicyclic) bond motifs is 7. The predicted molar refractivity (Wildman–Crippen MR) is 175 cm³/mol. The van der Waals surface area contributed by atoms with Crippen LogP contribution in [0, 0.1) is 5.92 Å². The van der Waals surface area contributed by atoms with Gasteiger partial charge < -0.3 is 38.5 Å². The van der Waals surface area contributed by atoms with Crippen LogP contribution in [0.5, 0.6) is 5.75 Å². The predicted octanol–water partition coefficient (Wildman–Crippen LogP) is 6.46. The Bertz CT molecular complexity index is 1490. The van der Waals surface area contributed by atoms with Crippen LogP contribution in [-0.2, 0) is 51.7 Å². The lowest BCUT2D eigenvalue weighted by Gasteiger charge is -2.49. The van der Waals surface area contributed by atoms with Gasteiger partial charge in [-0.05, 0) is 88.1 Å². The van der Waals surface area contributed by atoms with Crippen molar-refractivity contribution < 1.29 is 42.7 Å². The molecule has 0 spiro atoms. The summed E-state index contributed by atoms with van der Waals surface area (Å²) in [5, 5.41) is 3.28. The van der Waals surface area contributed by atoms with Crippen molar-refractivity contribution in [2.45, 2.75) is 146 Å². The van der Waals surface area contributed by atoms with Crippen LogP contribution in [0.15, 0.2) is 48.5 Å². The minimum atomic E-state index is -0.805. The van der Waals surface area contributed by atoms with Crippen molar-refractivity contribution >= 4 is 12.1 Å². The minimum Gasteiger partial charge on any atom is -0.445 e. The second kappa shape index (κ2) is 13.0. The van der Waals surface area contributed by atoms with Crippen LogP contribution in [0.2, 0.25) is 0 Å². The van der Waals surface area contributed by atoms with Gasteiger partial charge in [-0.2, -0.15) is 0 Å². The SMILES string of the molecule is CC1(C)O[C@H]2[C@@H](O1)[C@@H](CCC(=O)Oc1ccc3c(c1)[C@@]1(C)CCCCC[C@@H](C3)[C@@H]1NC(=O)OCc1ccccc1)O[C@@H]1OC(C)(C)O[C@@H]12. The summed E-state index contributed by atoms with van der Waals surface area (Å²) in [6, 6.07) is 15.6. The standard InChI is InChI=1S/C38H49NO9/c1-36(2)45-30-28(44-34-32(31(30)46-36)47-37(3,4)48-34)17-18-29(40)43-26-16-15-24-20-25-14-10-7-11-19-38(5,27(24)21-26)33(25)39-35(41)42-22-23-12-8-6-9-13-23/h6,8-9,12-13,15-16,21,25,28,30-34H,7,10-11,14,17-20,22H2,1-5H3,(H,39,41)/t25-,28+,30-,31-,32+,33-,34+,38+/m0/s1. The summed E-state index contributed by atoms with van der Waals surface area (Å²) in [5.41, 5.74) is 2.99. The fraction of sp³-hybridized carbons (Fsp3) is 0.632. The van der Waals surface area contributed by atoms with Crippen molar-refractivity contribution in [1.82, 2.24) is 5.32 Å². The van der Waals surface area contributed by atoms with Crippen LogP contribution in [0.3, 0.4) is 0 Å². The summed E-state index contributed by atoms with van der Waals surface area (Å²) in [6.45, 7) is 9.90. The first-order valence-electron chi connectivity index (χ1n) is 17.6. The molecule has 0 aromatic heterocycles. The molecule has 2 bridgehead atoms. The average Bonchev–Trinajstić information content (AvgIpc) is 3.54. The quantitative estimate of drug-likeness (QED) is 0.264. The lowest BCUT2D eigenvalue weighted by atomic mass is 9.59. The number of esters is 1. The van der Waals surface area contributed by atoms with Gasteiger partial charge in [0.15, 0.2) is 17.9 Å². The van der Waals surface area contributed by atoms with Gasteiger partial charge in [-0.3, -0.25) is 4.79 Å². The second-order valence-corrected chi connectivity index (χ2v) is 15.2. The molecule has 1 amide bonds. The molecule has 1 N–H and O–H groups in total. The van der Waals surface area contributed by atoms with E-state index in [1.165, 1.54) is 5.56 Å². The number of amides is 1. The molecule has 260 valence electrons. The molecule has 1 saturated carbocycles. The van der Waals surface area contributed by atoms with Gasteiger partial charge in [0.05, 0.1) is 6.10 Å². The molecule has 10 heteroatoms. The normalized spacial score (nSPS) is 34.5. The smallest absolute Gasteiger partial charge is 0.407 e. The number of carbonyl (C=O) groups excluding carboxylic acids is 2. The molecule has 0 radical (unpaired) electrons. The molecule has 2 aromatic rings. The molecule has 3 saturated heterocycles. The van der Waals surface area contributed by atoms with Crippen molar-refractivity contribution in [3.8, 4) is 5.75 Å². The van der Waals surface area contributed by atoms with Crippen LogP contribution in [0.1, 0.15) is 96.3 Å². The highest BCUT2D eigenvalue weighted by atomic mass is 16.9. The molecule has 3 heterocycles. The van der Waals surface area contributed by atoms with Gasteiger partial charge in [0, 0.05) is 17.9 Å². The van der Waals surface area contributed by atoms with Crippen LogP contribution >= 0.6 is 0 Å². The van der Waals surface area contributed by atoms with E-state index in [-0.39, 0.29) is 36.6 Å². The maximum absolute atomic E-state index is 13.3. The molecule has 2 aliphatic carbocycles. The topological polar surface area (TPSA) is 111 Å². The van der Waals surface area contributed by atoms with E-state index in [1.54, 1.807) is 0 Å². The molecule has 8 atom stereocenters. The van der Waals surface area contributed by atoms with E-state index >= 15 is 0 Å². The zero-order valence-electron chi connectivity index (χ0n) is 28.7. The van der Waals surface area contributed by atoms with Gasteiger partial charge >= 0.3 is 12.1 Å². The molecule has 10 nitrogen and oxygen atoms in total. The number of hydrogen-bond donors (Lipinski definition) is 1. The zero-order valence-corrected chi connectivity index (χ0v) is 28.7. The average molecular weight is 664 g/mol. The van der Waals surface area contributed by atoms with E-state index in [4.69, 9.17) is 33.2 Å². The van der Waals surface area contributed by atoms with Gasteiger partial charge in [-0.25, -0.2) is 4.79 Å². The Balaban J connectivity index is 1.03. The number of alkyl carbamates (subject to hydrolysis) is 1. The summed E-state index contributed by atoms with van der Waals surface area (Å²) < 4.78 is 42.4. The van der Waals surface area contributed by atoms with Crippen LogP contribution in [0.25, 0.3) is 0 Å². The van der Waals surface area contributed by atoms with E-state index in [0.717, 1.165) is 49.7 Å². The van der Waals surface area contributed by atoms with Crippen molar-refractivity contribution in [3.63, 3.8) is 0 Å². The molecule has 5 aliphatic rings. The molecule has 0 unspecified atom stereocenters. The Morgan fingerprint density at radius 1 is 0.875 bits per heavy atom. The number of rotatable bonds is 7. The van der Waals surface area contributed by atoms with E-state index in [9.17, 15) is 9.59 Å². The summed E-state index contributed by atoms with van der Waals surface area (Å²) in [6.07, 6.45) is 4.09. The number of carbonyl (C=O) groups is 2. The molecular weight excluding hydrogens is 614 g/mol. The summed E-state index contributed by atoms with van der Waals surface area (Å²) in [5.74, 6) is -1.16. The third kappa shape index (κ3) is 6.87. The number of benzene rings is 2. The maximum atomic E-state index is 13.3. The van der Waals surface area contributed by atoms with Gasteiger partial charge in [-0.15, -0.1) is 0 Å². The first-order valence-corrected chi connectivity index (χ1v) is 17.6. The number of nitrogens with one attached hydrogen (secondary N) is 1. The fourth-order valence-corrected chi connectivity index (χ4v) is 8.59. The molecule has 2 aromatic carbocycles. The molecule has 48 heavy (non-hydrogen) atoms. The highest BCUT2D eigenvalue weighted by Gasteiger charge is 2.60. The van der Waals surface area contributed by atoms with Gasteiger partial charge in [-0.1, -0.05) is 62.6 Å². The maximum Gasteiger partial charge on any atom is 0.407 e. The first-order chi connectivity index (χ1) is 22.9. The van der Waals surface area contributed by atoms with E-state index in [0.29, 0.717) is 18.1 Å². The highest BCUT2D eigenvalue weighted by Crippen LogP contribution is 2.48. The van der Waals surface area contributed by atoms with Crippen LogP contribution < -0.4 is 10.1 Å².